The molecule has 0 aromatic heterocycles. The van der Waals surface area contributed by atoms with E-state index in [2.05, 4.69) is 4.72 Å². The molecule has 2 N–H and O–H groups in total. The lowest BCUT2D eigenvalue weighted by atomic mass is 9.99. The molecule has 0 spiro atoms. The molecule has 1 aliphatic rings. The van der Waals surface area contributed by atoms with Gasteiger partial charge in [-0.05, 0) is 49.9 Å². The Morgan fingerprint density at radius 3 is 2.38 bits per heavy atom. The molecule has 0 saturated heterocycles. The van der Waals surface area contributed by atoms with Crippen LogP contribution < -0.4 is 9.46 Å². The predicted octanol–water partition coefficient (Wildman–Crippen LogP) is 2.35. The van der Waals surface area contributed by atoms with E-state index in [1.165, 1.54) is 7.11 Å². The summed E-state index contributed by atoms with van der Waals surface area (Å²) in [5.41, 5.74) is 0.362. The van der Waals surface area contributed by atoms with Gasteiger partial charge in [-0.15, -0.1) is 0 Å². The highest BCUT2D eigenvalue weighted by Gasteiger charge is 2.28. The van der Waals surface area contributed by atoms with Crippen LogP contribution in [0.25, 0.3) is 0 Å². The van der Waals surface area contributed by atoms with Crippen molar-refractivity contribution in [1.82, 2.24) is 0 Å². The summed E-state index contributed by atoms with van der Waals surface area (Å²) in [5, 5.41) is 9.14. The zero-order valence-corrected chi connectivity index (χ0v) is 12.4. The topological polar surface area (TPSA) is 92.7 Å². The van der Waals surface area contributed by atoms with Crippen LogP contribution in [-0.2, 0) is 14.8 Å². The van der Waals surface area contributed by atoms with Gasteiger partial charge in [0.1, 0.15) is 5.75 Å². The van der Waals surface area contributed by atoms with Gasteiger partial charge in [0.15, 0.2) is 0 Å². The number of rotatable bonds is 5. The molecule has 114 valence electrons. The lowest BCUT2D eigenvalue weighted by Crippen LogP contribution is -2.21. The normalized spacial score (nSPS) is 15.7. The number of aliphatic carboxylic acids is 1. The highest BCUT2D eigenvalue weighted by atomic mass is 32.2. The standard InChI is InChI=1S/C14H17NO5S/c1-20-11-8-6-10(7-9-11)15-21(18,19)13-5-3-2-4-12(13)14(16)17/h6-9,15H,2-5H2,1H3,(H,16,17). The number of carbonyl (C=O) groups is 1. The van der Waals surface area contributed by atoms with Crippen molar-refractivity contribution in [3.05, 3.63) is 34.7 Å². The van der Waals surface area contributed by atoms with Gasteiger partial charge in [0.25, 0.3) is 10.0 Å². The van der Waals surface area contributed by atoms with Gasteiger partial charge in [0, 0.05) is 5.69 Å². The van der Waals surface area contributed by atoms with E-state index in [-0.39, 0.29) is 23.3 Å². The van der Waals surface area contributed by atoms with Gasteiger partial charge in [-0.1, -0.05) is 0 Å². The molecule has 6 nitrogen and oxygen atoms in total. The summed E-state index contributed by atoms with van der Waals surface area (Å²) >= 11 is 0. The third-order valence-corrected chi connectivity index (χ3v) is 4.95. The molecule has 0 atom stereocenters. The molecular weight excluding hydrogens is 294 g/mol. The molecule has 0 aliphatic heterocycles. The fourth-order valence-electron chi connectivity index (χ4n) is 2.28. The summed E-state index contributed by atoms with van der Waals surface area (Å²) in [6, 6.07) is 6.40. The number of methoxy groups -OCH3 is 1. The van der Waals surface area contributed by atoms with Gasteiger partial charge < -0.3 is 9.84 Å². The number of carboxylic acid groups (broad SMARTS) is 1. The van der Waals surface area contributed by atoms with E-state index in [1.54, 1.807) is 24.3 Å². The Morgan fingerprint density at radius 1 is 1.19 bits per heavy atom. The molecule has 2 rings (SSSR count). The van der Waals surface area contributed by atoms with Crippen LogP contribution >= 0.6 is 0 Å². The minimum absolute atomic E-state index is 0.0118. The number of carboxylic acids is 1. The highest BCUT2D eigenvalue weighted by molar-refractivity contribution is 7.96. The van der Waals surface area contributed by atoms with Crippen molar-refractivity contribution in [2.24, 2.45) is 0 Å². The molecule has 1 aromatic rings. The van der Waals surface area contributed by atoms with Crippen LogP contribution in [0.1, 0.15) is 25.7 Å². The zero-order valence-electron chi connectivity index (χ0n) is 11.6. The second kappa shape index (κ2) is 6.17. The Kier molecular flexibility index (Phi) is 4.52. The van der Waals surface area contributed by atoms with Crippen LogP contribution in [0.5, 0.6) is 5.75 Å². The molecule has 0 fully saturated rings. The number of nitrogens with one attached hydrogen (secondary N) is 1. The van der Waals surface area contributed by atoms with Crippen molar-refractivity contribution >= 4 is 21.7 Å². The van der Waals surface area contributed by atoms with Gasteiger partial charge >= 0.3 is 5.97 Å². The third kappa shape index (κ3) is 3.55. The molecule has 0 heterocycles. The number of allylic oxidation sites excluding steroid dienone is 1. The van der Waals surface area contributed by atoms with E-state index in [1.807, 2.05) is 0 Å². The fraction of sp³-hybridized carbons (Fsp3) is 0.357. The van der Waals surface area contributed by atoms with Crippen molar-refractivity contribution in [2.75, 3.05) is 11.8 Å². The van der Waals surface area contributed by atoms with E-state index in [4.69, 9.17) is 9.84 Å². The zero-order chi connectivity index (χ0) is 15.5. The first-order chi connectivity index (χ1) is 9.94. The van der Waals surface area contributed by atoms with Crippen LogP contribution in [0, 0.1) is 0 Å². The molecular formula is C14H17NO5S. The van der Waals surface area contributed by atoms with E-state index >= 15 is 0 Å². The molecule has 0 unspecified atom stereocenters. The number of hydrogen-bond acceptors (Lipinski definition) is 4. The Hall–Kier alpha value is -2.02. The molecule has 0 radical (unpaired) electrons. The van der Waals surface area contributed by atoms with Crippen LogP contribution in [0.4, 0.5) is 5.69 Å². The summed E-state index contributed by atoms with van der Waals surface area (Å²) in [7, 11) is -2.32. The van der Waals surface area contributed by atoms with Crippen LogP contribution in [0.15, 0.2) is 34.7 Å². The Balaban J connectivity index is 2.30. The SMILES string of the molecule is COc1ccc(NS(=O)(=O)C2=C(C(=O)O)CCCC2)cc1. The molecule has 0 amide bonds. The maximum Gasteiger partial charge on any atom is 0.332 e. The largest absolute Gasteiger partial charge is 0.497 e. The maximum absolute atomic E-state index is 12.4. The van der Waals surface area contributed by atoms with E-state index in [9.17, 15) is 13.2 Å². The molecule has 0 bridgehead atoms. The lowest BCUT2D eigenvalue weighted by Gasteiger charge is -2.18. The fourth-order valence-corrected chi connectivity index (χ4v) is 3.77. The average molecular weight is 311 g/mol. The van der Waals surface area contributed by atoms with Crippen molar-refractivity contribution in [3.63, 3.8) is 0 Å². The van der Waals surface area contributed by atoms with Crippen molar-refractivity contribution in [2.45, 2.75) is 25.7 Å². The highest BCUT2D eigenvalue weighted by Crippen LogP contribution is 2.30. The maximum atomic E-state index is 12.4. The Morgan fingerprint density at radius 2 is 1.81 bits per heavy atom. The predicted molar refractivity (Wildman–Crippen MR) is 78.7 cm³/mol. The summed E-state index contributed by atoms with van der Waals surface area (Å²) in [6.45, 7) is 0. The summed E-state index contributed by atoms with van der Waals surface area (Å²) < 4.78 is 32.1. The second-order valence-electron chi connectivity index (χ2n) is 4.75. The first-order valence-corrected chi connectivity index (χ1v) is 8.04. The summed E-state index contributed by atoms with van der Waals surface area (Å²) in [4.78, 5) is 11.2. The van der Waals surface area contributed by atoms with Gasteiger partial charge in [-0.3, -0.25) is 4.72 Å². The molecule has 1 aliphatic carbocycles. The minimum atomic E-state index is -3.84. The molecule has 7 heteroatoms. The number of sulfonamides is 1. The third-order valence-electron chi connectivity index (χ3n) is 3.34. The number of hydrogen-bond donors (Lipinski definition) is 2. The molecule has 0 saturated carbocycles. The first-order valence-electron chi connectivity index (χ1n) is 6.56. The Labute approximate surface area is 123 Å². The van der Waals surface area contributed by atoms with E-state index in [0.717, 1.165) is 0 Å². The second-order valence-corrected chi connectivity index (χ2v) is 6.45. The smallest absolute Gasteiger partial charge is 0.332 e. The van der Waals surface area contributed by atoms with E-state index in [0.29, 0.717) is 24.3 Å². The summed E-state index contributed by atoms with van der Waals surface area (Å²) in [6.07, 6.45) is 1.92. The van der Waals surface area contributed by atoms with Gasteiger partial charge in [0.05, 0.1) is 17.6 Å². The van der Waals surface area contributed by atoms with Gasteiger partial charge in [-0.25, -0.2) is 13.2 Å². The Bertz CT molecular complexity index is 661. The number of benzene rings is 1. The lowest BCUT2D eigenvalue weighted by molar-refractivity contribution is -0.132. The van der Waals surface area contributed by atoms with Crippen molar-refractivity contribution < 1.29 is 23.1 Å². The molecule has 21 heavy (non-hydrogen) atoms. The first kappa shape index (κ1) is 15.4. The van der Waals surface area contributed by atoms with Crippen molar-refractivity contribution in [1.29, 1.82) is 0 Å². The van der Waals surface area contributed by atoms with Crippen LogP contribution in [0.3, 0.4) is 0 Å². The number of ether oxygens (including phenoxy) is 1. The van der Waals surface area contributed by atoms with Gasteiger partial charge in [-0.2, -0.15) is 0 Å². The minimum Gasteiger partial charge on any atom is -0.497 e. The summed E-state index contributed by atoms with van der Waals surface area (Å²) in [5.74, 6) is -0.550. The van der Waals surface area contributed by atoms with Crippen LogP contribution in [0.2, 0.25) is 0 Å². The average Bonchev–Trinajstić information content (AvgIpc) is 2.47. The quantitative estimate of drug-likeness (QED) is 0.870. The number of anilines is 1. The molecule has 1 aromatic carbocycles. The van der Waals surface area contributed by atoms with Crippen LogP contribution in [-0.4, -0.2) is 26.6 Å². The van der Waals surface area contributed by atoms with Gasteiger partial charge in [0.2, 0.25) is 0 Å². The monoisotopic (exact) mass is 311 g/mol. The van der Waals surface area contributed by atoms with Crippen molar-refractivity contribution in [3.8, 4) is 5.75 Å². The van der Waals surface area contributed by atoms with E-state index < -0.39 is 16.0 Å².